The van der Waals surface area contributed by atoms with Crippen LogP contribution in [0, 0.1) is 0 Å². The normalized spacial score (nSPS) is 12.1. The molecule has 122 valence electrons. The number of hydrogen-bond donors (Lipinski definition) is 2. The quantitative estimate of drug-likeness (QED) is 0.719. The number of aromatic nitrogens is 1. The predicted octanol–water partition coefficient (Wildman–Crippen LogP) is 4.09. The van der Waals surface area contributed by atoms with Gasteiger partial charge < -0.3 is 10.4 Å². The van der Waals surface area contributed by atoms with E-state index >= 15 is 0 Å². The average Bonchev–Trinajstić information content (AvgIpc) is 2.67. The third-order valence-corrected chi connectivity index (χ3v) is 4.24. The van der Waals surface area contributed by atoms with Crippen LogP contribution in [0.25, 0.3) is 11.1 Å². The minimum absolute atomic E-state index is 0.0912. The molecular weight excluding hydrogens is 296 g/mol. The smallest absolute Gasteiger partial charge is 0.0681 e. The van der Waals surface area contributed by atoms with Gasteiger partial charge in [-0.05, 0) is 46.9 Å². The van der Waals surface area contributed by atoms with Crippen molar-refractivity contribution in [2.75, 3.05) is 0 Å². The maximum Gasteiger partial charge on any atom is 0.0681 e. The lowest BCUT2D eigenvalue weighted by atomic mass is 10.0. The minimum atomic E-state index is 0.0912. The summed E-state index contributed by atoms with van der Waals surface area (Å²) in [7, 11) is 0. The van der Waals surface area contributed by atoms with Gasteiger partial charge in [0.25, 0.3) is 0 Å². The highest BCUT2D eigenvalue weighted by Gasteiger charge is 2.06. The number of pyridine rings is 1. The van der Waals surface area contributed by atoms with Crippen molar-refractivity contribution in [3.63, 3.8) is 0 Å². The van der Waals surface area contributed by atoms with E-state index in [4.69, 9.17) is 5.11 Å². The van der Waals surface area contributed by atoms with E-state index in [2.05, 4.69) is 53.6 Å². The van der Waals surface area contributed by atoms with Crippen LogP contribution in [0.3, 0.4) is 0 Å². The first kappa shape index (κ1) is 16.4. The summed E-state index contributed by atoms with van der Waals surface area (Å²) in [6, 6.07) is 21.0. The van der Waals surface area contributed by atoms with E-state index in [-0.39, 0.29) is 12.6 Å². The second kappa shape index (κ2) is 7.86. The molecule has 0 aliphatic heterocycles. The van der Waals surface area contributed by atoms with Crippen LogP contribution in [0.5, 0.6) is 0 Å². The molecule has 0 bridgehead atoms. The molecule has 3 rings (SSSR count). The number of aliphatic hydroxyl groups excluding tert-OH is 1. The van der Waals surface area contributed by atoms with Gasteiger partial charge in [-0.3, -0.25) is 4.98 Å². The summed E-state index contributed by atoms with van der Waals surface area (Å²) in [5.74, 6) is 0. The average molecular weight is 318 g/mol. The van der Waals surface area contributed by atoms with Crippen LogP contribution in [-0.2, 0) is 13.2 Å². The number of rotatable bonds is 6. The van der Waals surface area contributed by atoms with Crippen molar-refractivity contribution in [3.05, 3.63) is 89.7 Å². The molecule has 2 aromatic carbocycles. The van der Waals surface area contributed by atoms with Crippen LogP contribution in [0.1, 0.15) is 29.7 Å². The van der Waals surface area contributed by atoms with Gasteiger partial charge in [0.2, 0.25) is 0 Å². The summed E-state index contributed by atoms with van der Waals surface area (Å²) in [5, 5.41) is 12.6. The van der Waals surface area contributed by atoms with E-state index in [1.54, 1.807) is 0 Å². The highest BCUT2D eigenvalue weighted by molar-refractivity contribution is 5.62. The van der Waals surface area contributed by atoms with Gasteiger partial charge >= 0.3 is 0 Å². The van der Waals surface area contributed by atoms with Crippen molar-refractivity contribution in [3.8, 4) is 11.1 Å². The fourth-order valence-corrected chi connectivity index (χ4v) is 2.66. The van der Waals surface area contributed by atoms with Crippen LogP contribution >= 0.6 is 0 Å². The molecule has 0 saturated heterocycles. The molecule has 0 radical (unpaired) electrons. The summed E-state index contributed by atoms with van der Waals surface area (Å²) < 4.78 is 0. The van der Waals surface area contributed by atoms with Gasteiger partial charge in [0.05, 0.1) is 6.61 Å². The molecule has 24 heavy (non-hydrogen) atoms. The molecule has 0 spiro atoms. The number of nitrogens with one attached hydrogen (secondary N) is 1. The van der Waals surface area contributed by atoms with E-state index in [0.29, 0.717) is 0 Å². The Balaban J connectivity index is 1.61. The Morgan fingerprint density at radius 1 is 0.833 bits per heavy atom. The monoisotopic (exact) mass is 318 g/mol. The Morgan fingerprint density at radius 3 is 2.04 bits per heavy atom. The largest absolute Gasteiger partial charge is 0.392 e. The number of benzene rings is 2. The van der Waals surface area contributed by atoms with Crippen LogP contribution in [-0.4, -0.2) is 10.1 Å². The summed E-state index contributed by atoms with van der Waals surface area (Å²) >= 11 is 0. The number of aliphatic hydroxyl groups is 1. The first-order valence-corrected chi connectivity index (χ1v) is 8.18. The summed E-state index contributed by atoms with van der Waals surface area (Å²) in [5.41, 5.74) is 5.81. The standard InChI is InChI=1S/C21H22N2O/c1-16(23-14-17-2-4-18(15-24)5-3-17)19-6-8-20(9-7-19)21-10-12-22-13-11-21/h2-13,16,23-24H,14-15H2,1H3. The van der Waals surface area contributed by atoms with Gasteiger partial charge in [0, 0.05) is 25.0 Å². The Labute approximate surface area is 143 Å². The molecule has 0 amide bonds. The van der Waals surface area contributed by atoms with Crippen LogP contribution < -0.4 is 5.32 Å². The maximum atomic E-state index is 9.08. The van der Waals surface area contributed by atoms with Crippen molar-refractivity contribution in [1.82, 2.24) is 10.3 Å². The van der Waals surface area contributed by atoms with Gasteiger partial charge in [-0.2, -0.15) is 0 Å². The van der Waals surface area contributed by atoms with E-state index in [9.17, 15) is 0 Å². The second-order valence-corrected chi connectivity index (χ2v) is 5.94. The Bertz CT molecular complexity index is 752. The molecule has 0 fully saturated rings. The minimum Gasteiger partial charge on any atom is -0.392 e. The van der Waals surface area contributed by atoms with E-state index < -0.39 is 0 Å². The van der Waals surface area contributed by atoms with Crippen molar-refractivity contribution in [1.29, 1.82) is 0 Å². The van der Waals surface area contributed by atoms with Crippen molar-refractivity contribution in [2.45, 2.75) is 26.1 Å². The molecule has 1 aromatic heterocycles. The van der Waals surface area contributed by atoms with Gasteiger partial charge in [-0.15, -0.1) is 0 Å². The first-order valence-electron chi connectivity index (χ1n) is 8.18. The lowest BCUT2D eigenvalue weighted by Gasteiger charge is -2.15. The number of nitrogens with zero attached hydrogens (tertiary/aromatic N) is 1. The molecule has 0 saturated carbocycles. The van der Waals surface area contributed by atoms with Crippen molar-refractivity contribution >= 4 is 0 Å². The Kier molecular flexibility index (Phi) is 5.36. The summed E-state index contributed by atoms with van der Waals surface area (Å²) in [6.45, 7) is 3.07. The molecule has 1 unspecified atom stereocenters. The second-order valence-electron chi connectivity index (χ2n) is 5.94. The molecule has 0 aliphatic carbocycles. The fraction of sp³-hybridized carbons (Fsp3) is 0.190. The fourth-order valence-electron chi connectivity index (χ4n) is 2.66. The topological polar surface area (TPSA) is 45.1 Å². The van der Waals surface area contributed by atoms with Crippen LogP contribution in [0.15, 0.2) is 73.1 Å². The molecule has 2 N–H and O–H groups in total. The molecule has 1 atom stereocenters. The zero-order valence-corrected chi connectivity index (χ0v) is 13.8. The highest BCUT2D eigenvalue weighted by Crippen LogP contribution is 2.21. The zero-order valence-electron chi connectivity index (χ0n) is 13.8. The van der Waals surface area contributed by atoms with Gasteiger partial charge in [-0.1, -0.05) is 48.5 Å². The molecular formula is C21H22N2O. The first-order chi connectivity index (χ1) is 11.8. The third kappa shape index (κ3) is 4.07. The predicted molar refractivity (Wildman–Crippen MR) is 97.3 cm³/mol. The summed E-state index contributed by atoms with van der Waals surface area (Å²) in [4.78, 5) is 4.06. The third-order valence-electron chi connectivity index (χ3n) is 4.24. The molecule has 3 heteroatoms. The van der Waals surface area contributed by atoms with Crippen molar-refractivity contribution < 1.29 is 5.11 Å². The highest BCUT2D eigenvalue weighted by atomic mass is 16.3. The molecule has 0 aliphatic rings. The Morgan fingerprint density at radius 2 is 1.42 bits per heavy atom. The lowest BCUT2D eigenvalue weighted by Crippen LogP contribution is -2.18. The molecule has 1 heterocycles. The lowest BCUT2D eigenvalue weighted by molar-refractivity contribution is 0.282. The SMILES string of the molecule is CC(NCc1ccc(CO)cc1)c1ccc(-c2ccncc2)cc1. The van der Waals surface area contributed by atoms with Crippen LogP contribution in [0.4, 0.5) is 0 Å². The van der Waals surface area contributed by atoms with Gasteiger partial charge in [-0.25, -0.2) is 0 Å². The molecule has 3 aromatic rings. The zero-order chi connectivity index (χ0) is 16.8. The van der Waals surface area contributed by atoms with E-state index in [1.165, 1.54) is 22.3 Å². The van der Waals surface area contributed by atoms with Gasteiger partial charge in [0.15, 0.2) is 0 Å². The van der Waals surface area contributed by atoms with E-state index in [0.717, 1.165) is 12.1 Å². The maximum absolute atomic E-state index is 9.08. The Hall–Kier alpha value is -2.49. The van der Waals surface area contributed by atoms with Crippen molar-refractivity contribution in [2.24, 2.45) is 0 Å². The van der Waals surface area contributed by atoms with E-state index in [1.807, 2.05) is 36.7 Å². The summed E-state index contributed by atoms with van der Waals surface area (Å²) in [6.07, 6.45) is 3.63. The van der Waals surface area contributed by atoms with Gasteiger partial charge in [0.1, 0.15) is 0 Å². The van der Waals surface area contributed by atoms with Crippen LogP contribution in [0.2, 0.25) is 0 Å². The molecule has 3 nitrogen and oxygen atoms in total. The number of hydrogen-bond acceptors (Lipinski definition) is 3.